The predicted octanol–water partition coefficient (Wildman–Crippen LogP) is 5.08. The number of aldehydes is 1. The van der Waals surface area contributed by atoms with Crippen molar-refractivity contribution >= 4 is 67.2 Å². The molecule has 5 aromatic carbocycles. The molecule has 0 spiro atoms. The highest BCUT2D eigenvalue weighted by Crippen LogP contribution is 2.43. The van der Waals surface area contributed by atoms with E-state index in [9.17, 15) is 29.4 Å². The van der Waals surface area contributed by atoms with Crippen LogP contribution in [0.25, 0.3) is 43.1 Å². The van der Waals surface area contributed by atoms with Crippen LogP contribution in [0.5, 0.6) is 0 Å². The molecule has 0 saturated heterocycles. The predicted molar refractivity (Wildman–Crippen MR) is 130 cm³/mol. The number of benzene rings is 5. The summed E-state index contributed by atoms with van der Waals surface area (Å²) in [5.74, 6) is -2.69. The van der Waals surface area contributed by atoms with Crippen LogP contribution in [-0.4, -0.2) is 40.4 Å². The van der Waals surface area contributed by atoms with Crippen molar-refractivity contribution in [2.75, 3.05) is 0 Å². The van der Waals surface area contributed by atoms with Gasteiger partial charge in [-0.1, -0.05) is 30.3 Å². The first-order valence-corrected chi connectivity index (χ1v) is 10.7. The van der Waals surface area contributed by atoms with E-state index < -0.39 is 11.9 Å². The lowest BCUT2D eigenvalue weighted by molar-refractivity contribution is 0.0688. The smallest absolute Gasteiger partial charge is 0.336 e. The maximum Gasteiger partial charge on any atom is 0.336 e. The van der Waals surface area contributed by atoms with Gasteiger partial charge in [-0.2, -0.15) is 0 Å². The molecule has 0 aliphatic carbocycles. The fourth-order valence-corrected chi connectivity index (χ4v) is 4.90. The van der Waals surface area contributed by atoms with Crippen LogP contribution in [0, 0.1) is 0 Å². The number of carbonyl (C=O) groups excluding carboxylic acids is 2. The summed E-state index contributed by atoms with van der Waals surface area (Å²) in [7, 11) is 0. The van der Waals surface area contributed by atoms with Crippen LogP contribution < -0.4 is 5.32 Å². The van der Waals surface area contributed by atoms with Crippen molar-refractivity contribution in [3.05, 3.63) is 70.8 Å². The molecule has 0 aliphatic rings. The van der Waals surface area contributed by atoms with Gasteiger partial charge in [-0.15, -0.1) is 0 Å². The molecule has 34 heavy (non-hydrogen) atoms. The molecule has 3 N–H and O–H groups in total. The third kappa shape index (κ3) is 2.90. The first-order chi connectivity index (χ1) is 16.2. The fourth-order valence-electron chi connectivity index (χ4n) is 4.90. The number of hydrogen-bond acceptors (Lipinski definition) is 4. The summed E-state index contributed by atoms with van der Waals surface area (Å²) in [6.07, 6.45) is 0.632. The number of fused-ring (bicyclic) bond motifs is 2. The number of amides is 1. The highest BCUT2D eigenvalue weighted by molar-refractivity contribution is 6.37. The lowest BCUT2D eigenvalue weighted by Crippen LogP contribution is -2.30. The van der Waals surface area contributed by atoms with Crippen molar-refractivity contribution in [3.63, 3.8) is 0 Å². The summed E-state index contributed by atoms with van der Waals surface area (Å²) in [4.78, 5) is 48.9. The van der Waals surface area contributed by atoms with Gasteiger partial charge in [-0.05, 0) is 64.4 Å². The number of carbonyl (C=O) groups is 4. The molecule has 7 heteroatoms. The lowest BCUT2D eigenvalue weighted by Gasteiger charge is -2.19. The van der Waals surface area contributed by atoms with Crippen LogP contribution in [0.1, 0.15) is 55.3 Å². The van der Waals surface area contributed by atoms with Crippen LogP contribution in [0.15, 0.2) is 48.5 Å². The van der Waals surface area contributed by atoms with E-state index in [-0.39, 0.29) is 34.2 Å². The minimum Gasteiger partial charge on any atom is -0.478 e. The monoisotopic (exact) mass is 453 g/mol. The Morgan fingerprint density at radius 3 is 1.59 bits per heavy atom. The Morgan fingerprint density at radius 2 is 1.12 bits per heavy atom. The Morgan fingerprint density at radius 1 is 0.676 bits per heavy atom. The number of aromatic carboxylic acids is 2. The molecule has 1 amide bonds. The Hall–Kier alpha value is -4.52. The van der Waals surface area contributed by atoms with E-state index in [4.69, 9.17) is 0 Å². The second-order valence-electron chi connectivity index (χ2n) is 8.54. The minimum absolute atomic E-state index is 0.000804. The van der Waals surface area contributed by atoms with Gasteiger partial charge in [0, 0.05) is 27.9 Å². The van der Waals surface area contributed by atoms with Crippen LogP contribution in [-0.2, 0) is 0 Å². The number of carboxylic acid groups (broad SMARTS) is 2. The first kappa shape index (κ1) is 21.3. The van der Waals surface area contributed by atoms with Crippen LogP contribution in [0.4, 0.5) is 0 Å². The Kier molecular flexibility index (Phi) is 4.72. The van der Waals surface area contributed by atoms with Gasteiger partial charge in [0.1, 0.15) is 0 Å². The summed E-state index contributed by atoms with van der Waals surface area (Å²) < 4.78 is 0. The van der Waals surface area contributed by atoms with Gasteiger partial charge in [-0.3, -0.25) is 9.59 Å². The van der Waals surface area contributed by atoms with Gasteiger partial charge < -0.3 is 15.5 Å². The van der Waals surface area contributed by atoms with Gasteiger partial charge in [0.05, 0.1) is 11.1 Å². The van der Waals surface area contributed by atoms with Crippen LogP contribution >= 0.6 is 0 Å². The molecule has 0 atom stereocenters. The van der Waals surface area contributed by atoms with Gasteiger partial charge in [0.15, 0.2) is 6.29 Å². The van der Waals surface area contributed by atoms with Crippen LogP contribution in [0.2, 0.25) is 0 Å². The normalized spacial score (nSPS) is 11.6. The molecule has 0 aromatic heterocycles. The number of carboxylic acids is 2. The minimum atomic E-state index is -1.16. The third-order valence-electron chi connectivity index (χ3n) is 6.19. The average Bonchev–Trinajstić information content (AvgIpc) is 2.80. The number of nitrogens with one attached hydrogen (secondary N) is 1. The van der Waals surface area contributed by atoms with E-state index >= 15 is 0 Å². The lowest BCUT2D eigenvalue weighted by atomic mass is 9.84. The Bertz CT molecular complexity index is 1680. The molecule has 0 aliphatic heterocycles. The van der Waals surface area contributed by atoms with E-state index in [2.05, 4.69) is 5.32 Å². The summed E-state index contributed by atoms with van der Waals surface area (Å²) >= 11 is 0. The topological polar surface area (TPSA) is 121 Å². The molecule has 5 aromatic rings. The molecular formula is C27H19NO6. The van der Waals surface area contributed by atoms with Crippen molar-refractivity contribution in [1.82, 2.24) is 5.32 Å². The Labute approximate surface area is 192 Å². The van der Waals surface area contributed by atoms with E-state index in [1.807, 2.05) is 13.8 Å². The van der Waals surface area contributed by atoms with E-state index in [1.54, 1.807) is 36.4 Å². The number of rotatable bonds is 5. The van der Waals surface area contributed by atoms with Crippen molar-refractivity contribution in [2.24, 2.45) is 0 Å². The van der Waals surface area contributed by atoms with Crippen molar-refractivity contribution in [2.45, 2.75) is 19.9 Å². The van der Waals surface area contributed by atoms with E-state index in [1.165, 1.54) is 12.1 Å². The molecule has 0 fully saturated rings. The maximum atomic E-state index is 13.0. The molecular weight excluding hydrogens is 434 g/mol. The fraction of sp³-hybridized carbons (Fsp3) is 0.111. The molecule has 7 nitrogen and oxygen atoms in total. The standard InChI is InChI=1S/C27H19NO6/c1-12(2)28-25(30)18-8-5-16-15-6-9-19(26(31)32)21-13(11-29)3-4-14(22(15)21)17-7-10-20(27(33)34)24(18)23(16)17/h3-12H,1-2H3,(H,28,30)(H,31,32)(H,33,34). The third-order valence-corrected chi connectivity index (χ3v) is 6.19. The van der Waals surface area contributed by atoms with Crippen LogP contribution in [0.3, 0.4) is 0 Å². The summed E-state index contributed by atoms with van der Waals surface area (Å²) in [6.45, 7) is 3.64. The van der Waals surface area contributed by atoms with Gasteiger partial charge >= 0.3 is 11.9 Å². The largest absolute Gasteiger partial charge is 0.478 e. The number of hydrogen-bond donors (Lipinski definition) is 3. The van der Waals surface area contributed by atoms with E-state index in [0.717, 1.165) is 0 Å². The molecule has 168 valence electrons. The zero-order chi connectivity index (χ0) is 24.3. The second kappa shape index (κ2) is 7.52. The zero-order valence-electron chi connectivity index (χ0n) is 18.3. The molecule has 0 bridgehead atoms. The zero-order valence-corrected chi connectivity index (χ0v) is 18.3. The highest BCUT2D eigenvalue weighted by Gasteiger charge is 2.24. The van der Waals surface area contributed by atoms with Crippen molar-refractivity contribution in [3.8, 4) is 0 Å². The molecule has 5 rings (SSSR count). The SMILES string of the molecule is CC(C)NC(=O)c1ccc2c3ccc(C(=O)O)c4c(C=O)ccc(c5ccc(C(=O)O)c1c52)c43. The first-order valence-electron chi connectivity index (χ1n) is 10.7. The van der Waals surface area contributed by atoms with Gasteiger partial charge in [0.25, 0.3) is 5.91 Å². The molecule has 0 saturated carbocycles. The molecule has 0 radical (unpaired) electrons. The van der Waals surface area contributed by atoms with Gasteiger partial charge in [0.2, 0.25) is 0 Å². The molecule has 0 heterocycles. The Balaban J connectivity index is 2.07. The average molecular weight is 453 g/mol. The summed E-state index contributed by atoms with van der Waals surface area (Å²) in [5, 5.41) is 27.1. The maximum absolute atomic E-state index is 13.0. The van der Waals surface area contributed by atoms with Crippen molar-refractivity contribution in [1.29, 1.82) is 0 Å². The van der Waals surface area contributed by atoms with E-state index in [0.29, 0.717) is 49.4 Å². The quantitative estimate of drug-likeness (QED) is 0.194. The van der Waals surface area contributed by atoms with Gasteiger partial charge in [-0.25, -0.2) is 9.59 Å². The summed E-state index contributed by atoms with van der Waals surface area (Å²) in [5.41, 5.74) is 0.518. The second-order valence-corrected chi connectivity index (χ2v) is 8.54. The molecule has 0 unspecified atom stereocenters. The van der Waals surface area contributed by atoms with Crippen molar-refractivity contribution < 1.29 is 29.4 Å². The summed E-state index contributed by atoms with van der Waals surface area (Å²) in [6, 6.07) is 12.8. The highest BCUT2D eigenvalue weighted by atomic mass is 16.4.